The third-order valence-corrected chi connectivity index (χ3v) is 4.57. The Kier molecular flexibility index (Phi) is 6.94. The lowest BCUT2D eigenvalue weighted by Crippen LogP contribution is -2.39. The number of benzene rings is 1. The first-order valence-corrected chi connectivity index (χ1v) is 8.50. The van der Waals surface area contributed by atoms with Crippen molar-refractivity contribution < 1.29 is 14.3 Å². The Hall–Kier alpha value is -1.72. The second-order valence-electron chi connectivity index (χ2n) is 5.90. The van der Waals surface area contributed by atoms with Crippen molar-refractivity contribution in [3.05, 3.63) is 28.8 Å². The summed E-state index contributed by atoms with van der Waals surface area (Å²) in [5.41, 5.74) is 0.802. The van der Waals surface area contributed by atoms with E-state index in [4.69, 9.17) is 21.1 Å². The predicted octanol–water partition coefficient (Wildman–Crippen LogP) is 2.83. The highest BCUT2D eigenvalue weighted by Crippen LogP contribution is 2.36. The molecule has 0 unspecified atom stereocenters. The summed E-state index contributed by atoms with van der Waals surface area (Å²) in [5, 5.41) is 3.66. The third-order valence-electron chi connectivity index (χ3n) is 4.29. The first-order chi connectivity index (χ1) is 11.6. The van der Waals surface area contributed by atoms with Crippen molar-refractivity contribution in [3.63, 3.8) is 0 Å². The number of likely N-dealkylation sites (tertiary alicyclic amines) is 1. The molecule has 1 aliphatic rings. The Morgan fingerprint density at radius 2 is 2.04 bits per heavy atom. The van der Waals surface area contributed by atoms with E-state index in [9.17, 15) is 4.79 Å². The fraction of sp³-hybridized carbons (Fsp3) is 0.500. The standard InChI is InChI=1S/C18H25ClN2O3/c1-20-12-13-6-8-21(9-7-13)17(22)5-4-14-10-15(19)18(24-3)16(11-14)23-2/h4-5,10-11,13,20H,6-9,12H2,1-3H3/b5-4+. The Balaban J connectivity index is 2.00. The van der Waals surface area contributed by atoms with E-state index in [0.29, 0.717) is 22.4 Å². The van der Waals surface area contributed by atoms with Crippen LogP contribution >= 0.6 is 11.6 Å². The zero-order chi connectivity index (χ0) is 17.5. The van der Waals surface area contributed by atoms with Crippen molar-refractivity contribution in [2.24, 2.45) is 5.92 Å². The normalized spacial score (nSPS) is 15.8. The molecule has 0 aliphatic carbocycles. The van der Waals surface area contributed by atoms with E-state index >= 15 is 0 Å². The first kappa shape index (κ1) is 18.6. The Morgan fingerprint density at radius 3 is 2.62 bits per heavy atom. The van der Waals surface area contributed by atoms with Gasteiger partial charge in [0, 0.05) is 19.2 Å². The summed E-state index contributed by atoms with van der Waals surface area (Å²) in [6.07, 6.45) is 5.44. The highest BCUT2D eigenvalue weighted by Gasteiger charge is 2.20. The van der Waals surface area contributed by atoms with Gasteiger partial charge in [-0.25, -0.2) is 0 Å². The molecule has 0 aromatic heterocycles. The minimum absolute atomic E-state index is 0.0313. The van der Waals surface area contributed by atoms with Crippen molar-refractivity contribution in [2.45, 2.75) is 12.8 Å². The summed E-state index contributed by atoms with van der Waals surface area (Å²) in [7, 11) is 5.07. The van der Waals surface area contributed by atoms with Crippen LogP contribution in [0.5, 0.6) is 11.5 Å². The largest absolute Gasteiger partial charge is 0.493 e. The van der Waals surface area contributed by atoms with Gasteiger partial charge in [-0.1, -0.05) is 11.6 Å². The van der Waals surface area contributed by atoms with Gasteiger partial charge in [0.15, 0.2) is 11.5 Å². The van der Waals surface area contributed by atoms with Crippen LogP contribution < -0.4 is 14.8 Å². The van der Waals surface area contributed by atoms with Crippen LogP contribution in [-0.4, -0.2) is 51.7 Å². The van der Waals surface area contributed by atoms with Gasteiger partial charge in [-0.05, 0) is 56.1 Å². The monoisotopic (exact) mass is 352 g/mol. The summed E-state index contributed by atoms with van der Waals surface area (Å²) < 4.78 is 10.5. The first-order valence-electron chi connectivity index (χ1n) is 8.12. The van der Waals surface area contributed by atoms with Gasteiger partial charge in [0.25, 0.3) is 0 Å². The number of nitrogens with zero attached hydrogens (tertiary/aromatic N) is 1. The van der Waals surface area contributed by atoms with Crippen molar-refractivity contribution in [1.82, 2.24) is 10.2 Å². The zero-order valence-corrected chi connectivity index (χ0v) is 15.2. The lowest BCUT2D eigenvalue weighted by atomic mass is 9.97. The minimum atomic E-state index is 0.0313. The average molecular weight is 353 g/mol. The summed E-state index contributed by atoms with van der Waals surface area (Å²) in [6.45, 7) is 2.63. The van der Waals surface area contributed by atoms with Crippen molar-refractivity contribution in [2.75, 3.05) is 40.9 Å². The number of ether oxygens (including phenoxy) is 2. The molecule has 1 aromatic carbocycles. The summed E-state index contributed by atoms with van der Waals surface area (Å²) >= 11 is 6.18. The summed E-state index contributed by atoms with van der Waals surface area (Å²) in [4.78, 5) is 14.2. The molecule has 1 fully saturated rings. The molecule has 0 spiro atoms. The zero-order valence-electron chi connectivity index (χ0n) is 14.5. The van der Waals surface area contributed by atoms with E-state index in [1.165, 1.54) is 0 Å². The fourth-order valence-corrected chi connectivity index (χ4v) is 3.25. The van der Waals surface area contributed by atoms with E-state index in [0.717, 1.165) is 38.0 Å². The average Bonchev–Trinajstić information content (AvgIpc) is 2.60. The highest BCUT2D eigenvalue weighted by atomic mass is 35.5. The SMILES string of the molecule is CNCC1CCN(C(=O)/C=C/c2cc(Cl)c(OC)c(OC)c2)CC1. The number of methoxy groups -OCH3 is 2. The molecular weight excluding hydrogens is 328 g/mol. The number of halogens is 1. The van der Waals surface area contributed by atoms with Gasteiger partial charge in [-0.3, -0.25) is 4.79 Å². The lowest BCUT2D eigenvalue weighted by Gasteiger charge is -2.31. The van der Waals surface area contributed by atoms with E-state index < -0.39 is 0 Å². The molecule has 1 saturated heterocycles. The Morgan fingerprint density at radius 1 is 1.33 bits per heavy atom. The third kappa shape index (κ3) is 4.65. The van der Waals surface area contributed by atoms with Crippen LogP contribution in [0.3, 0.4) is 0 Å². The molecule has 1 N–H and O–H groups in total. The number of amides is 1. The van der Waals surface area contributed by atoms with Gasteiger partial charge in [-0.15, -0.1) is 0 Å². The smallest absolute Gasteiger partial charge is 0.246 e. The number of hydrogen-bond acceptors (Lipinski definition) is 4. The Bertz CT molecular complexity index is 596. The molecule has 24 heavy (non-hydrogen) atoms. The molecule has 1 aromatic rings. The van der Waals surface area contributed by atoms with E-state index in [-0.39, 0.29) is 5.91 Å². The molecule has 0 atom stereocenters. The van der Waals surface area contributed by atoms with E-state index in [1.54, 1.807) is 38.5 Å². The summed E-state index contributed by atoms with van der Waals surface area (Å²) in [5.74, 6) is 1.73. The van der Waals surface area contributed by atoms with Gasteiger partial charge >= 0.3 is 0 Å². The van der Waals surface area contributed by atoms with Crippen LogP contribution in [-0.2, 0) is 4.79 Å². The van der Waals surface area contributed by atoms with Crippen molar-refractivity contribution in [3.8, 4) is 11.5 Å². The lowest BCUT2D eigenvalue weighted by molar-refractivity contribution is -0.127. The van der Waals surface area contributed by atoms with Gasteiger partial charge in [-0.2, -0.15) is 0 Å². The van der Waals surface area contributed by atoms with Crippen molar-refractivity contribution >= 4 is 23.6 Å². The molecule has 1 aliphatic heterocycles. The maximum Gasteiger partial charge on any atom is 0.246 e. The van der Waals surface area contributed by atoms with E-state index in [1.807, 2.05) is 11.9 Å². The van der Waals surface area contributed by atoms with Crippen LogP contribution in [0.15, 0.2) is 18.2 Å². The second kappa shape index (κ2) is 8.94. The van der Waals surface area contributed by atoms with Crippen LogP contribution in [0, 0.1) is 5.92 Å². The molecule has 1 heterocycles. The van der Waals surface area contributed by atoms with E-state index in [2.05, 4.69) is 5.32 Å². The molecule has 0 saturated carbocycles. The number of nitrogens with one attached hydrogen (secondary N) is 1. The molecule has 0 radical (unpaired) electrons. The van der Waals surface area contributed by atoms with Gasteiger partial charge in [0.1, 0.15) is 0 Å². The van der Waals surface area contributed by atoms with Crippen LogP contribution in [0.2, 0.25) is 5.02 Å². The maximum atomic E-state index is 12.3. The molecule has 0 bridgehead atoms. The number of hydrogen-bond donors (Lipinski definition) is 1. The predicted molar refractivity (Wildman–Crippen MR) is 96.8 cm³/mol. The fourth-order valence-electron chi connectivity index (χ4n) is 2.95. The number of piperidine rings is 1. The van der Waals surface area contributed by atoms with Crippen molar-refractivity contribution in [1.29, 1.82) is 0 Å². The second-order valence-corrected chi connectivity index (χ2v) is 6.31. The Labute approximate surface area is 148 Å². The van der Waals surface area contributed by atoms with Gasteiger partial charge in [0.05, 0.1) is 19.2 Å². The molecule has 1 amide bonds. The number of carbonyl (C=O) groups excluding carboxylic acids is 1. The molecule has 132 valence electrons. The summed E-state index contributed by atoms with van der Waals surface area (Å²) in [6, 6.07) is 3.56. The molecular formula is C18H25ClN2O3. The quantitative estimate of drug-likeness (QED) is 0.800. The van der Waals surface area contributed by atoms with Crippen LogP contribution in [0.4, 0.5) is 0 Å². The number of rotatable bonds is 6. The van der Waals surface area contributed by atoms with Gasteiger partial charge < -0.3 is 19.7 Å². The van der Waals surface area contributed by atoms with Crippen LogP contribution in [0.1, 0.15) is 18.4 Å². The minimum Gasteiger partial charge on any atom is -0.493 e. The molecule has 2 rings (SSSR count). The number of carbonyl (C=O) groups is 1. The highest BCUT2D eigenvalue weighted by molar-refractivity contribution is 6.32. The van der Waals surface area contributed by atoms with Crippen LogP contribution in [0.25, 0.3) is 6.08 Å². The van der Waals surface area contributed by atoms with Gasteiger partial charge in [0.2, 0.25) is 5.91 Å². The maximum absolute atomic E-state index is 12.3. The topological polar surface area (TPSA) is 50.8 Å². The molecule has 6 heteroatoms. The molecule has 5 nitrogen and oxygen atoms in total.